The fourth-order valence-corrected chi connectivity index (χ4v) is 3.56. The summed E-state index contributed by atoms with van der Waals surface area (Å²) < 4.78 is 1.70. The number of benzene rings is 1. The highest BCUT2D eigenvalue weighted by molar-refractivity contribution is 14.0. The molecule has 1 fully saturated rings. The second-order valence-electron chi connectivity index (χ2n) is 7.16. The standard InChI is InChI=1S/C22H25N7O.HI/c1-23-22(28-10-11-29(21(30)16-28)19-14-26-27(2)15-19)25-13-17-6-5-7-18(12-17)20-8-3-4-9-24-20;/h3-9,12,14-15H,10-11,13,16H2,1-2H3,(H,23,25);1H. The maximum Gasteiger partial charge on any atom is 0.246 e. The molecule has 0 atom stereocenters. The molecule has 3 aromatic rings. The third-order valence-electron chi connectivity index (χ3n) is 5.07. The molecule has 3 heterocycles. The van der Waals surface area contributed by atoms with Crippen molar-refractivity contribution in [1.29, 1.82) is 0 Å². The van der Waals surface area contributed by atoms with Crippen LogP contribution in [0.4, 0.5) is 5.69 Å². The summed E-state index contributed by atoms with van der Waals surface area (Å²) in [6, 6.07) is 14.2. The van der Waals surface area contributed by atoms with Gasteiger partial charge >= 0.3 is 0 Å². The average molecular weight is 531 g/mol. The monoisotopic (exact) mass is 531 g/mol. The fraction of sp³-hybridized carbons (Fsp3) is 0.273. The molecule has 2 aromatic heterocycles. The van der Waals surface area contributed by atoms with Gasteiger partial charge in [-0.25, -0.2) is 0 Å². The number of guanidine groups is 1. The van der Waals surface area contributed by atoms with Crippen molar-refractivity contribution in [1.82, 2.24) is 25.0 Å². The highest BCUT2D eigenvalue weighted by atomic mass is 127. The maximum atomic E-state index is 12.7. The first-order valence-corrected chi connectivity index (χ1v) is 9.89. The average Bonchev–Trinajstić information content (AvgIpc) is 3.21. The van der Waals surface area contributed by atoms with Crippen LogP contribution in [0.15, 0.2) is 66.0 Å². The molecule has 0 spiro atoms. The van der Waals surface area contributed by atoms with Gasteiger partial charge in [-0.3, -0.25) is 19.5 Å². The van der Waals surface area contributed by atoms with Crippen LogP contribution < -0.4 is 10.2 Å². The van der Waals surface area contributed by atoms with Gasteiger partial charge in [0.05, 0.1) is 17.6 Å². The number of carbonyl (C=O) groups is 1. The Kier molecular flexibility index (Phi) is 7.61. The van der Waals surface area contributed by atoms with Crippen LogP contribution in [0.25, 0.3) is 11.3 Å². The number of halogens is 1. The number of anilines is 1. The van der Waals surface area contributed by atoms with E-state index in [1.54, 1.807) is 29.0 Å². The van der Waals surface area contributed by atoms with Crippen LogP contribution >= 0.6 is 24.0 Å². The summed E-state index contributed by atoms with van der Waals surface area (Å²) in [5.74, 6) is 0.756. The number of aliphatic imine (C=N–C) groups is 1. The van der Waals surface area contributed by atoms with Crippen molar-refractivity contribution in [3.8, 4) is 11.3 Å². The van der Waals surface area contributed by atoms with Crippen molar-refractivity contribution in [2.75, 3.05) is 31.6 Å². The van der Waals surface area contributed by atoms with Gasteiger partial charge < -0.3 is 15.1 Å². The number of piperazine rings is 1. The number of rotatable bonds is 4. The molecule has 4 rings (SSSR count). The first-order valence-electron chi connectivity index (χ1n) is 9.89. The largest absolute Gasteiger partial charge is 0.352 e. The highest BCUT2D eigenvalue weighted by Crippen LogP contribution is 2.18. The zero-order valence-electron chi connectivity index (χ0n) is 17.6. The minimum absolute atomic E-state index is 0. The molecule has 0 radical (unpaired) electrons. The number of hydrogen-bond acceptors (Lipinski definition) is 4. The molecule has 0 bridgehead atoms. The molecule has 1 aliphatic rings. The van der Waals surface area contributed by atoms with E-state index >= 15 is 0 Å². The lowest BCUT2D eigenvalue weighted by atomic mass is 10.1. The molecule has 0 unspecified atom stereocenters. The van der Waals surface area contributed by atoms with Crippen LogP contribution in [0.1, 0.15) is 5.56 Å². The Bertz CT molecular complexity index is 1050. The molecule has 1 aliphatic heterocycles. The lowest BCUT2D eigenvalue weighted by Gasteiger charge is -2.35. The smallest absolute Gasteiger partial charge is 0.246 e. The summed E-state index contributed by atoms with van der Waals surface area (Å²) in [6.45, 7) is 2.20. The lowest BCUT2D eigenvalue weighted by molar-refractivity contribution is -0.120. The van der Waals surface area contributed by atoms with Crippen LogP contribution in [-0.2, 0) is 18.4 Å². The normalized spacial score (nSPS) is 14.4. The predicted molar refractivity (Wildman–Crippen MR) is 132 cm³/mol. The third-order valence-corrected chi connectivity index (χ3v) is 5.07. The summed E-state index contributed by atoms with van der Waals surface area (Å²) in [7, 11) is 3.59. The third kappa shape index (κ3) is 5.40. The van der Waals surface area contributed by atoms with Gasteiger partial charge in [-0.1, -0.05) is 24.3 Å². The van der Waals surface area contributed by atoms with Crippen LogP contribution in [0, 0.1) is 0 Å². The summed E-state index contributed by atoms with van der Waals surface area (Å²) in [6.07, 6.45) is 5.37. The van der Waals surface area contributed by atoms with E-state index in [-0.39, 0.29) is 36.4 Å². The molecule has 8 nitrogen and oxygen atoms in total. The number of aryl methyl sites for hydroxylation is 1. The van der Waals surface area contributed by atoms with Crippen molar-refractivity contribution in [2.45, 2.75) is 6.54 Å². The number of pyridine rings is 1. The summed E-state index contributed by atoms with van der Waals surface area (Å²) in [5.41, 5.74) is 3.97. The second-order valence-corrected chi connectivity index (χ2v) is 7.16. The Morgan fingerprint density at radius 1 is 1.19 bits per heavy atom. The predicted octanol–water partition coefficient (Wildman–Crippen LogP) is 2.52. The first-order chi connectivity index (χ1) is 14.6. The molecular formula is C22H26IN7O. The van der Waals surface area contributed by atoms with Crippen molar-refractivity contribution < 1.29 is 4.79 Å². The summed E-state index contributed by atoms with van der Waals surface area (Å²) in [5, 5.41) is 7.54. The Labute approximate surface area is 199 Å². The van der Waals surface area contributed by atoms with E-state index in [0.29, 0.717) is 19.6 Å². The van der Waals surface area contributed by atoms with E-state index in [4.69, 9.17) is 0 Å². The quantitative estimate of drug-likeness (QED) is 0.318. The number of hydrogen-bond donors (Lipinski definition) is 1. The van der Waals surface area contributed by atoms with Crippen LogP contribution in [0.5, 0.6) is 0 Å². The minimum Gasteiger partial charge on any atom is -0.352 e. The number of nitrogens with one attached hydrogen (secondary N) is 1. The lowest BCUT2D eigenvalue weighted by Crippen LogP contribution is -2.55. The van der Waals surface area contributed by atoms with E-state index in [2.05, 4.69) is 38.6 Å². The Morgan fingerprint density at radius 3 is 2.74 bits per heavy atom. The number of nitrogens with zero attached hydrogens (tertiary/aromatic N) is 6. The van der Waals surface area contributed by atoms with Gasteiger partial charge in [-0.05, 0) is 23.8 Å². The van der Waals surface area contributed by atoms with Crippen molar-refractivity contribution in [3.05, 3.63) is 66.6 Å². The number of carbonyl (C=O) groups excluding carboxylic acids is 1. The molecule has 1 N–H and O–H groups in total. The highest BCUT2D eigenvalue weighted by Gasteiger charge is 2.27. The van der Waals surface area contributed by atoms with Gasteiger partial charge in [0, 0.05) is 51.7 Å². The zero-order chi connectivity index (χ0) is 20.9. The van der Waals surface area contributed by atoms with Crippen molar-refractivity contribution in [2.24, 2.45) is 12.0 Å². The van der Waals surface area contributed by atoms with Gasteiger partial charge in [-0.2, -0.15) is 5.10 Å². The van der Waals surface area contributed by atoms with Crippen molar-refractivity contribution >= 4 is 41.5 Å². The summed E-state index contributed by atoms with van der Waals surface area (Å²) in [4.78, 5) is 25.2. The second kappa shape index (κ2) is 10.4. The molecule has 31 heavy (non-hydrogen) atoms. The van der Waals surface area contributed by atoms with Crippen LogP contribution in [0.2, 0.25) is 0 Å². The van der Waals surface area contributed by atoms with E-state index < -0.39 is 0 Å². The zero-order valence-corrected chi connectivity index (χ0v) is 19.9. The van der Waals surface area contributed by atoms with E-state index in [1.165, 1.54) is 0 Å². The molecule has 1 amide bonds. The number of amides is 1. The Hall–Kier alpha value is -2.95. The minimum atomic E-state index is 0. The van der Waals surface area contributed by atoms with E-state index in [9.17, 15) is 4.79 Å². The maximum absolute atomic E-state index is 12.7. The van der Waals surface area contributed by atoms with Crippen LogP contribution in [0.3, 0.4) is 0 Å². The fourth-order valence-electron chi connectivity index (χ4n) is 3.56. The van der Waals surface area contributed by atoms with Gasteiger partial charge in [-0.15, -0.1) is 24.0 Å². The Balaban J connectivity index is 0.00000272. The molecule has 162 valence electrons. The molecule has 9 heteroatoms. The van der Waals surface area contributed by atoms with Crippen LogP contribution in [-0.4, -0.2) is 58.2 Å². The van der Waals surface area contributed by atoms with Gasteiger partial charge in [0.2, 0.25) is 5.91 Å². The SMILES string of the molecule is CN=C(NCc1cccc(-c2ccccn2)c1)N1CCN(c2cnn(C)c2)C(=O)C1.I. The summed E-state index contributed by atoms with van der Waals surface area (Å²) >= 11 is 0. The molecule has 1 aromatic carbocycles. The van der Waals surface area contributed by atoms with Gasteiger partial charge in [0.1, 0.15) is 6.54 Å². The molecule has 0 aliphatic carbocycles. The van der Waals surface area contributed by atoms with Gasteiger partial charge in [0.25, 0.3) is 0 Å². The van der Waals surface area contributed by atoms with E-state index in [0.717, 1.165) is 28.5 Å². The molecular weight excluding hydrogens is 505 g/mol. The topological polar surface area (TPSA) is 78.7 Å². The molecule has 1 saturated heterocycles. The van der Waals surface area contributed by atoms with Gasteiger partial charge in [0.15, 0.2) is 5.96 Å². The number of aromatic nitrogens is 3. The Morgan fingerprint density at radius 2 is 2.06 bits per heavy atom. The van der Waals surface area contributed by atoms with E-state index in [1.807, 2.05) is 42.4 Å². The van der Waals surface area contributed by atoms with Crippen molar-refractivity contribution in [3.63, 3.8) is 0 Å². The molecule has 0 saturated carbocycles. The first kappa shape index (κ1) is 22.7.